The summed E-state index contributed by atoms with van der Waals surface area (Å²) in [4.78, 5) is 0. The Bertz CT molecular complexity index is 200. The van der Waals surface area contributed by atoms with Crippen LogP contribution in [0, 0.1) is 17.2 Å². The van der Waals surface area contributed by atoms with Gasteiger partial charge in [-0.2, -0.15) is 5.26 Å². The first-order valence-electron chi connectivity index (χ1n) is 9.22. The molecule has 0 aromatic heterocycles. The van der Waals surface area contributed by atoms with E-state index in [1.807, 2.05) is 0 Å². The highest BCUT2D eigenvalue weighted by atomic mass is 14.2. The Balaban J connectivity index is 3.48. The first-order chi connectivity index (χ1) is 9.85. The van der Waals surface area contributed by atoms with Gasteiger partial charge in [0, 0.05) is 6.42 Å². The van der Waals surface area contributed by atoms with E-state index in [4.69, 9.17) is 5.26 Å². The molecule has 0 saturated carbocycles. The summed E-state index contributed by atoms with van der Waals surface area (Å²) in [7, 11) is 0. The molecular formula is C19H37N. The van der Waals surface area contributed by atoms with Gasteiger partial charge >= 0.3 is 0 Å². The number of unbranched alkanes of at least 4 members (excludes halogenated alkanes) is 10. The molecule has 0 fully saturated rings. The zero-order valence-electron chi connectivity index (χ0n) is 14.1. The van der Waals surface area contributed by atoms with Gasteiger partial charge < -0.3 is 0 Å². The topological polar surface area (TPSA) is 23.8 Å². The summed E-state index contributed by atoms with van der Waals surface area (Å²) in [6.45, 7) is 4.53. The van der Waals surface area contributed by atoms with Crippen LogP contribution in [0.5, 0.6) is 0 Å². The Morgan fingerprint density at radius 3 is 1.45 bits per heavy atom. The lowest BCUT2D eigenvalue weighted by atomic mass is 9.92. The van der Waals surface area contributed by atoms with E-state index in [1.54, 1.807) is 0 Å². The molecule has 0 aromatic rings. The molecule has 0 aliphatic rings. The molecule has 1 nitrogen and oxygen atoms in total. The summed E-state index contributed by atoms with van der Waals surface area (Å²) in [5, 5.41) is 8.93. The Labute approximate surface area is 128 Å². The van der Waals surface area contributed by atoms with Gasteiger partial charge in [0.1, 0.15) is 0 Å². The Kier molecular flexibility index (Phi) is 16.1. The molecule has 0 aliphatic carbocycles. The maximum atomic E-state index is 8.93. The van der Waals surface area contributed by atoms with E-state index in [1.165, 1.54) is 89.9 Å². The fourth-order valence-corrected chi connectivity index (χ4v) is 2.90. The maximum Gasteiger partial charge on any atom is 0.0624 e. The van der Waals surface area contributed by atoms with Crippen LogP contribution >= 0.6 is 0 Å². The zero-order chi connectivity index (χ0) is 14.9. The smallest absolute Gasteiger partial charge is 0.0624 e. The molecule has 0 amide bonds. The van der Waals surface area contributed by atoms with Crippen LogP contribution in [0.15, 0.2) is 0 Å². The Hall–Kier alpha value is -0.510. The van der Waals surface area contributed by atoms with Crippen LogP contribution in [0.2, 0.25) is 0 Å². The molecule has 0 atom stereocenters. The molecule has 0 bridgehead atoms. The second kappa shape index (κ2) is 16.5. The van der Waals surface area contributed by atoms with Gasteiger partial charge in [-0.1, -0.05) is 90.9 Å². The third-order valence-electron chi connectivity index (χ3n) is 4.31. The van der Waals surface area contributed by atoms with Crippen molar-refractivity contribution in [2.45, 2.75) is 110 Å². The van der Waals surface area contributed by atoms with Crippen LogP contribution in [-0.2, 0) is 0 Å². The third-order valence-corrected chi connectivity index (χ3v) is 4.31. The molecule has 0 saturated heterocycles. The van der Waals surface area contributed by atoms with Gasteiger partial charge in [0.15, 0.2) is 0 Å². The predicted molar refractivity (Wildman–Crippen MR) is 89.7 cm³/mol. The van der Waals surface area contributed by atoms with Crippen molar-refractivity contribution in [2.24, 2.45) is 5.92 Å². The average molecular weight is 280 g/mol. The van der Waals surface area contributed by atoms with Crippen molar-refractivity contribution >= 4 is 0 Å². The summed E-state index contributed by atoms with van der Waals surface area (Å²) in [5.41, 5.74) is 0. The molecule has 118 valence electrons. The standard InChI is InChI=1S/C19H37N/c1-3-5-7-9-11-13-15-19(17-18-20)16-14-12-10-8-6-4-2/h19H,3-17H2,1-2H3. The van der Waals surface area contributed by atoms with Gasteiger partial charge in [-0.15, -0.1) is 0 Å². The fraction of sp³-hybridized carbons (Fsp3) is 0.947. The maximum absolute atomic E-state index is 8.93. The number of nitrogens with zero attached hydrogens (tertiary/aromatic N) is 1. The molecule has 0 spiro atoms. The molecule has 0 unspecified atom stereocenters. The second-order valence-corrected chi connectivity index (χ2v) is 6.34. The minimum Gasteiger partial charge on any atom is -0.198 e. The highest BCUT2D eigenvalue weighted by molar-refractivity contribution is 4.76. The lowest BCUT2D eigenvalue weighted by Crippen LogP contribution is -2.00. The first-order valence-corrected chi connectivity index (χ1v) is 9.22. The minimum absolute atomic E-state index is 0.678. The number of hydrogen-bond donors (Lipinski definition) is 0. The van der Waals surface area contributed by atoms with E-state index >= 15 is 0 Å². The van der Waals surface area contributed by atoms with Crippen LogP contribution in [0.25, 0.3) is 0 Å². The van der Waals surface area contributed by atoms with Gasteiger partial charge in [0.25, 0.3) is 0 Å². The van der Waals surface area contributed by atoms with Crippen molar-refractivity contribution in [1.29, 1.82) is 5.26 Å². The summed E-state index contributed by atoms with van der Waals surface area (Å²) >= 11 is 0. The van der Waals surface area contributed by atoms with Gasteiger partial charge in [-0.25, -0.2) is 0 Å². The van der Waals surface area contributed by atoms with Crippen molar-refractivity contribution in [2.75, 3.05) is 0 Å². The Morgan fingerprint density at radius 2 is 1.05 bits per heavy atom. The summed E-state index contributed by atoms with van der Waals surface area (Å²) in [5.74, 6) is 0.678. The largest absolute Gasteiger partial charge is 0.198 e. The molecular weight excluding hydrogens is 242 g/mol. The van der Waals surface area contributed by atoms with Gasteiger partial charge in [-0.3, -0.25) is 0 Å². The van der Waals surface area contributed by atoms with E-state index in [0.29, 0.717) is 5.92 Å². The van der Waals surface area contributed by atoms with Gasteiger partial charge in [-0.05, 0) is 18.8 Å². The number of hydrogen-bond acceptors (Lipinski definition) is 1. The first kappa shape index (κ1) is 19.5. The molecule has 0 heterocycles. The van der Waals surface area contributed by atoms with Crippen molar-refractivity contribution < 1.29 is 0 Å². The summed E-state index contributed by atoms with van der Waals surface area (Å²) in [6, 6.07) is 2.39. The van der Waals surface area contributed by atoms with Gasteiger partial charge in [0.2, 0.25) is 0 Å². The Morgan fingerprint density at radius 1 is 0.650 bits per heavy atom. The second-order valence-electron chi connectivity index (χ2n) is 6.34. The average Bonchev–Trinajstić information content (AvgIpc) is 2.46. The van der Waals surface area contributed by atoms with E-state index < -0.39 is 0 Å². The number of rotatable bonds is 15. The number of nitriles is 1. The van der Waals surface area contributed by atoms with Crippen LogP contribution in [0.4, 0.5) is 0 Å². The SMILES string of the molecule is CCCCCCCCC(CC#N)CCCCCCCC. The molecule has 1 heteroatoms. The van der Waals surface area contributed by atoms with Crippen molar-refractivity contribution in [3.8, 4) is 6.07 Å². The zero-order valence-corrected chi connectivity index (χ0v) is 14.1. The minimum atomic E-state index is 0.678. The van der Waals surface area contributed by atoms with Crippen molar-refractivity contribution in [3.05, 3.63) is 0 Å². The predicted octanol–water partition coefficient (Wildman–Crippen LogP) is 7.02. The van der Waals surface area contributed by atoms with E-state index in [-0.39, 0.29) is 0 Å². The molecule has 0 rings (SSSR count). The highest BCUT2D eigenvalue weighted by Crippen LogP contribution is 2.21. The molecule has 0 radical (unpaired) electrons. The quantitative estimate of drug-likeness (QED) is 0.295. The molecule has 0 N–H and O–H groups in total. The van der Waals surface area contributed by atoms with Crippen LogP contribution in [-0.4, -0.2) is 0 Å². The third kappa shape index (κ3) is 13.9. The summed E-state index contributed by atoms with van der Waals surface area (Å²) < 4.78 is 0. The molecule has 0 aromatic carbocycles. The fourth-order valence-electron chi connectivity index (χ4n) is 2.90. The molecule has 20 heavy (non-hydrogen) atoms. The monoisotopic (exact) mass is 279 g/mol. The van der Waals surface area contributed by atoms with E-state index in [2.05, 4.69) is 19.9 Å². The highest BCUT2D eigenvalue weighted by Gasteiger charge is 2.07. The van der Waals surface area contributed by atoms with Crippen LogP contribution < -0.4 is 0 Å². The van der Waals surface area contributed by atoms with E-state index in [0.717, 1.165) is 6.42 Å². The van der Waals surface area contributed by atoms with Gasteiger partial charge in [0.05, 0.1) is 6.07 Å². The summed E-state index contributed by atoms with van der Waals surface area (Å²) in [6.07, 6.45) is 19.8. The van der Waals surface area contributed by atoms with E-state index in [9.17, 15) is 0 Å². The van der Waals surface area contributed by atoms with Crippen molar-refractivity contribution in [1.82, 2.24) is 0 Å². The normalized spacial score (nSPS) is 10.9. The molecule has 0 aliphatic heterocycles. The lowest BCUT2D eigenvalue weighted by molar-refractivity contribution is 0.409. The lowest BCUT2D eigenvalue weighted by Gasteiger charge is -2.13. The van der Waals surface area contributed by atoms with Crippen LogP contribution in [0.1, 0.15) is 110 Å². The van der Waals surface area contributed by atoms with Crippen molar-refractivity contribution in [3.63, 3.8) is 0 Å². The van der Waals surface area contributed by atoms with Crippen LogP contribution in [0.3, 0.4) is 0 Å².